The molecule has 0 radical (unpaired) electrons. The molecule has 3 heterocycles. The van der Waals surface area contributed by atoms with Crippen LogP contribution in [0.15, 0.2) is 30.1 Å². The first-order chi connectivity index (χ1) is 13.9. The number of nitrogens with zero attached hydrogens (tertiary/aromatic N) is 5. The van der Waals surface area contributed by atoms with Crippen molar-refractivity contribution < 1.29 is 4.79 Å². The number of carbonyl (C=O) groups excluding carboxylic acids is 1. The maximum absolute atomic E-state index is 12.1. The first-order valence-electron chi connectivity index (χ1n) is 9.11. The van der Waals surface area contributed by atoms with Crippen LogP contribution < -0.4 is 16.8 Å². The van der Waals surface area contributed by atoms with Crippen LogP contribution in [0.25, 0.3) is 22.3 Å². The van der Waals surface area contributed by atoms with E-state index in [4.69, 9.17) is 16.9 Å². The van der Waals surface area contributed by atoms with Crippen molar-refractivity contribution in [1.29, 1.82) is 5.41 Å². The number of hydrogen-bond acceptors (Lipinski definition) is 8. The summed E-state index contributed by atoms with van der Waals surface area (Å²) in [4.78, 5) is 30.2. The molecule has 0 aliphatic heterocycles. The van der Waals surface area contributed by atoms with E-state index in [9.17, 15) is 4.79 Å². The molecule has 1 aliphatic carbocycles. The molecule has 0 unspecified atom stereocenters. The van der Waals surface area contributed by atoms with Gasteiger partial charge in [0.1, 0.15) is 5.52 Å². The highest BCUT2D eigenvalue weighted by Gasteiger charge is 2.32. The lowest BCUT2D eigenvalue weighted by atomic mass is 10.1. The lowest BCUT2D eigenvalue weighted by Crippen LogP contribution is -2.20. The second kappa shape index (κ2) is 6.97. The Morgan fingerprint density at radius 1 is 1.31 bits per heavy atom. The zero-order valence-electron chi connectivity index (χ0n) is 16.1. The van der Waals surface area contributed by atoms with Crippen LogP contribution in [0.4, 0.5) is 5.82 Å². The molecule has 10 nitrogen and oxygen atoms in total. The summed E-state index contributed by atoms with van der Waals surface area (Å²) in [6.45, 7) is 1.65. The Bertz CT molecular complexity index is 1170. The molecule has 10 heteroatoms. The summed E-state index contributed by atoms with van der Waals surface area (Å²) in [6, 6.07) is 0. The third-order valence-corrected chi connectivity index (χ3v) is 4.84. The molecule has 1 fully saturated rings. The maximum atomic E-state index is 12.1. The zero-order valence-corrected chi connectivity index (χ0v) is 16.1. The summed E-state index contributed by atoms with van der Waals surface area (Å²) in [5.74, 6) is -0.318. The van der Waals surface area contributed by atoms with E-state index in [1.807, 2.05) is 11.6 Å². The molecule has 3 aromatic heterocycles. The minimum atomic E-state index is -0.733. The van der Waals surface area contributed by atoms with Crippen molar-refractivity contribution in [3.8, 4) is 11.3 Å². The molecule has 0 aromatic carbocycles. The number of nitrogens with one attached hydrogen (secondary N) is 2. The number of nitrogens with two attached hydrogens (primary N) is 2. The van der Waals surface area contributed by atoms with Crippen LogP contribution in [0.2, 0.25) is 0 Å². The monoisotopic (exact) mass is 391 g/mol. The predicted molar refractivity (Wildman–Crippen MR) is 109 cm³/mol. The number of fused-ring (bicyclic) bond motifs is 1. The van der Waals surface area contributed by atoms with Gasteiger partial charge in [-0.1, -0.05) is 0 Å². The third kappa shape index (κ3) is 3.28. The fourth-order valence-electron chi connectivity index (χ4n) is 3.14. The van der Waals surface area contributed by atoms with Gasteiger partial charge in [0.05, 0.1) is 35.1 Å². The molecule has 148 valence electrons. The summed E-state index contributed by atoms with van der Waals surface area (Å²) in [7, 11) is 1.89. The molecule has 0 atom stereocenters. The van der Waals surface area contributed by atoms with Gasteiger partial charge in [0.2, 0.25) is 0 Å². The van der Waals surface area contributed by atoms with Crippen molar-refractivity contribution in [3.63, 3.8) is 0 Å². The zero-order chi connectivity index (χ0) is 20.7. The van der Waals surface area contributed by atoms with Gasteiger partial charge in [0.15, 0.2) is 11.5 Å². The topological polar surface area (TPSA) is 161 Å². The number of primary amides is 1. The van der Waals surface area contributed by atoms with E-state index in [1.54, 1.807) is 25.6 Å². The highest BCUT2D eigenvalue weighted by Crippen LogP contribution is 2.44. The summed E-state index contributed by atoms with van der Waals surface area (Å²) < 4.78 is 1.87. The predicted octanol–water partition coefficient (Wildman–Crippen LogP) is 1.65. The lowest BCUT2D eigenvalue weighted by molar-refractivity contribution is 0.0996. The molecular formula is C19H21N9O. The van der Waals surface area contributed by atoms with E-state index in [0.717, 1.165) is 35.8 Å². The Morgan fingerprint density at radius 2 is 2.07 bits per heavy atom. The van der Waals surface area contributed by atoms with Crippen LogP contribution in [0.5, 0.6) is 0 Å². The minimum Gasteiger partial charge on any atom is -0.401 e. The number of pyridine rings is 1. The Labute approximate surface area is 166 Å². The Balaban J connectivity index is 1.95. The van der Waals surface area contributed by atoms with Gasteiger partial charge in [-0.3, -0.25) is 9.78 Å². The molecule has 0 bridgehead atoms. The van der Waals surface area contributed by atoms with Crippen LogP contribution in [-0.2, 0) is 7.05 Å². The summed E-state index contributed by atoms with van der Waals surface area (Å²) in [5, 5.41) is 10.5. The van der Waals surface area contributed by atoms with Crippen LogP contribution in [-0.4, -0.2) is 36.6 Å². The standard InChI is InChI=1S/C19H21N9O/c1-9(21)12(5-20)25-19-17(18(22)29)26-16(14(27-19)10-3-4-10)11-6-23-7-13-15(11)24-8-28(13)2/h5-8,10,20H,3-4,21H2,1-2H3,(H2,22,29)(H,25,27)/b12-9+,20-5?. The Kier molecular flexibility index (Phi) is 4.45. The number of hydrogen-bond donors (Lipinski definition) is 4. The minimum absolute atomic E-state index is 0.0297. The highest BCUT2D eigenvalue weighted by atomic mass is 16.1. The smallest absolute Gasteiger partial charge is 0.271 e. The summed E-state index contributed by atoms with van der Waals surface area (Å²) in [6.07, 6.45) is 8.13. The molecule has 6 N–H and O–H groups in total. The quantitative estimate of drug-likeness (QED) is 0.464. The van der Waals surface area contributed by atoms with Crippen molar-refractivity contribution in [1.82, 2.24) is 24.5 Å². The van der Waals surface area contributed by atoms with E-state index in [1.165, 1.54) is 0 Å². The van der Waals surface area contributed by atoms with E-state index in [0.29, 0.717) is 22.7 Å². The fourth-order valence-corrected chi connectivity index (χ4v) is 3.14. The Hall–Kier alpha value is -3.82. The Morgan fingerprint density at radius 3 is 2.69 bits per heavy atom. The van der Waals surface area contributed by atoms with Gasteiger partial charge in [0, 0.05) is 36.6 Å². The number of amides is 1. The van der Waals surface area contributed by atoms with E-state index in [2.05, 4.69) is 25.3 Å². The van der Waals surface area contributed by atoms with E-state index in [-0.39, 0.29) is 17.4 Å². The molecule has 3 aromatic rings. The largest absolute Gasteiger partial charge is 0.401 e. The molecule has 4 rings (SSSR count). The SMILES string of the molecule is C/C(N)=C(/C=N)Nc1nc(C2CC2)c(-c2cncc3c2ncn3C)nc1C(N)=O. The number of anilines is 1. The maximum Gasteiger partial charge on any atom is 0.271 e. The van der Waals surface area contributed by atoms with Crippen LogP contribution in [0, 0.1) is 5.41 Å². The van der Waals surface area contributed by atoms with Gasteiger partial charge >= 0.3 is 0 Å². The van der Waals surface area contributed by atoms with E-state index >= 15 is 0 Å². The first kappa shape index (κ1) is 18.5. The van der Waals surface area contributed by atoms with Crippen LogP contribution in [0.3, 0.4) is 0 Å². The molecule has 1 amide bonds. The molecular weight excluding hydrogens is 370 g/mol. The van der Waals surface area contributed by atoms with Crippen molar-refractivity contribution in [2.75, 3.05) is 5.32 Å². The molecule has 29 heavy (non-hydrogen) atoms. The van der Waals surface area contributed by atoms with Crippen molar-refractivity contribution >= 4 is 29.0 Å². The van der Waals surface area contributed by atoms with Gasteiger partial charge in [-0.05, 0) is 19.8 Å². The summed E-state index contributed by atoms with van der Waals surface area (Å²) >= 11 is 0. The van der Waals surface area contributed by atoms with Gasteiger partial charge < -0.3 is 26.8 Å². The van der Waals surface area contributed by atoms with E-state index < -0.39 is 5.91 Å². The number of aromatic nitrogens is 5. The average Bonchev–Trinajstić information content (AvgIpc) is 3.48. The highest BCUT2D eigenvalue weighted by molar-refractivity contribution is 5.98. The number of imidazole rings is 1. The molecule has 0 spiro atoms. The molecule has 1 aliphatic rings. The number of rotatable bonds is 6. The lowest BCUT2D eigenvalue weighted by Gasteiger charge is -2.15. The van der Waals surface area contributed by atoms with Gasteiger partial charge in [0.25, 0.3) is 5.91 Å². The average molecular weight is 391 g/mol. The first-order valence-corrected chi connectivity index (χ1v) is 9.11. The van der Waals surface area contributed by atoms with Crippen LogP contribution >= 0.6 is 0 Å². The van der Waals surface area contributed by atoms with Crippen molar-refractivity contribution in [2.24, 2.45) is 18.5 Å². The fraction of sp³-hybridized carbons (Fsp3) is 0.263. The number of allylic oxidation sites excluding steroid dienone is 2. The van der Waals surface area contributed by atoms with Gasteiger partial charge in [-0.25, -0.2) is 15.0 Å². The second-order valence-corrected chi connectivity index (χ2v) is 7.07. The molecule has 0 saturated heterocycles. The van der Waals surface area contributed by atoms with Crippen LogP contribution in [0.1, 0.15) is 41.9 Å². The second-order valence-electron chi connectivity index (χ2n) is 7.07. The summed E-state index contributed by atoms with van der Waals surface area (Å²) in [5.41, 5.74) is 15.6. The van der Waals surface area contributed by atoms with Gasteiger partial charge in [-0.2, -0.15) is 0 Å². The van der Waals surface area contributed by atoms with Crippen molar-refractivity contribution in [3.05, 3.63) is 41.5 Å². The number of carbonyl (C=O) groups is 1. The third-order valence-electron chi connectivity index (χ3n) is 4.84. The normalized spacial score (nSPS) is 14.6. The number of aryl methyl sites for hydroxylation is 1. The van der Waals surface area contributed by atoms with Gasteiger partial charge in [-0.15, -0.1) is 0 Å². The van der Waals surface area contributed by atoms with Crippen molar-refractivity contribution in [2.45, 2.75) is 25.7 Å². The molecule has 1 saturated carbocycles.